The molecule has 5 fully saturated rings. The van der Waals surface area contributed by atoms with Gasteiger partial charge in [0.15, 0.2) is 0 Å². The number of carbonyl (C=O) groups is 1. The zero-order valence-electron chi connectivity index (χ0n) is 20.1. The van der Waals surface area contributed by atoms with Crippen LogP contribution in [-0.4, -0.2) is 88.7 Å². The van der Waals surface area contributed by atoms with E-state index >= 15 is 0 Å². The number of aliphatic hydroxyl groups excluding tert-OH is 2. The summed E-state index contributed by atoms with van der Waals surface area (Å²) in [5.74, 6) is 0.105. The largest absolute Gasteiger partial charge is 0.390 e. The van der Waals surface area contributed by atoms with Crippen molar-refractivity contribution in [2.75, 3.05) is 13.2 Å². The average molecular weight is 481 g/mol. The molecule has 5 aliphatic rings. The van der Waals surface area contributed by atoms with Gasteiger partial charge in [-0.2, -0.15) is 0 Å². The van der Waals surface area contributed by atoms with Crippen molar-refractivity contribution >= 4 is 5.78 Å². The third-order valence-electron chi connectivity index (χ3n) is 8.83. The first-order valence-corrected chi connectivity index (χ1v) is 13.0. The Kier molecular flexibility index (Phi) is 7.21. The molecule has 8 nitrogen and oxygen atoms in total. The van der Waals surface area contributed by atoms with Crippen molar-refractivity contribution < 1.29 is 39.1 Å². The molecule has 4 saturated heterocycles. The van der Waals surface area contributed by atoms with Gasteiger partial charge in [-0.15, -0.1) is 0 Å². The highest BCUT2D eigenvalue weighted by molar-refractivity contribution is 5.79. The molecule has 7 unspecified atom stereocenters. The Labute approximate surface area is 201 Å². The minimum absolute atomic E-state index is 0.0371. The van der Waals surface area contributed by atoms with Crippen LogP contribution in [0.1, 0.15) is 64.7 Å². The molecule has 192 valence electrons. The van der Waals surface area contributed by atoms with E-state index in [1.54, 1.807) is 0 Å². The summed E-state index contributed by atoms with van der Waals surface area (Å²) in [6, 6.07) is 0. The molecule has 1 aliphatic carbocycles. The molecule has 0 spiro atoms. The topological polar surface area (TPSA) is 115 Å². The Morgan fingerprint density at radius 1 is 1.06 bits per heavy atom. The number of Topliss-reactive ketones (excluding diaryl/α,β-unsaturated/α-hetero) is 1. The van der Waals surface area contributed by atoms with Gasteiger partial charge >= 0.3 is 0 Å². The summed E-state index contributed by atoms with van der Waals surface area (Å²) in [5.41, 5.74) is -0.289. The quantitative estimate of drug-likeness (QED) is 0.472. The normalized spacial score (nSPS) is 49.0. The Bertz CT molecular complexity index is 772. The molecule has 0 aromatic rings. The molecule has 0 amide bonds. The summed E-state index contributed by atoms with van der Waals surface area (Å²) < 4.78 is 23.7. The van der Waals surface area contributed by atoms with Gasteiger partial charge in [-0.1, -0.05) is 6.58 Å². The Morgan fingerprint density at radius 2 is 1.88 bits per heavy atom. The summed E-state index contributed by atoms with van der Waals surface area (Å²) in [4.78, 5) is 12.6. The SMILES string of the molecule is C=C1COC(C[C@@H]2C[C@@H](O)C(C3(O)CC(O)[C@H]4OC(CC(=O)CC5CCO[C@H]5C)CCC43)O2)C1. The lowest BCUT2D eigenvalue weighted by atomic mass is 9.78. The van der Waals surface area contributed by atoms with Crippen LogP contribution >= 0.6 is 0 Å². The van der Waals surface area contributed by atoms with E-state index in [1.165, 1.54) is 0 Å². The average Bonchev–Trinajstić information content (AvgIpc) is 3.53. The second-order valence-corrected chi connectivity index (χ2v) is 11.3. The predicted molar refractivity (Wildman–Crippen MR) is 122 cm³/mol. The van der Waals surface area contributed by atoms with Gasteiger partial charge in [0.2, 0.25) is 0 Å². The van der Waals surface area contributed by atoms with Gasteiger partial charge in [-0.3, -0.25) is 4.79 Å². The maximum Gasteiger partial charge on any atom is 0.135 e. The zero-order chi connectivity index (χ0) is 24.0. The van der Waals surface area contributed by atoms with E-state index in [-0.39, 0.29) is 48.5 Å². The molecule has 3 N–H and O–H groups in total. The third kappa shape index (κ3) is 4.88. The molecule has 4 aliphatic heterocycles. The predicted octanol–water partition coefficient (Wildman–Crippen LogP) is 1.67. The number of carbonyl (C=O) groups excluding carboxylic acids is 1. The maximum atomic E-state index is 12.6. The second-order valence-electron chi connectivity index (χ2n) is 11.3. The molecule has 4 heterocycles. The maximum absolute atomic E-state index is 12.6. The van der Waals surface area contributed by atoms with Gasteiger partial charge in [-0.05, 0) is 44.1 Å². The number of rotatable bonds is 7. The monoisotopic (exact) mass is 480 g/mol. The Balaban J connectivity index is 1.17. The van der Waals surface area contributed by atoms with Crippen molar-refractivity contribution in [3.05, 3.63) is 12.2 Å². The van der Waals surface area contributed by atoms with Gasteiger partial charge in [0.1, 0.15) is 17.5 Å². The Morgan fingerprint density at radius 3 is 2.59 bits per heavy atom. The summed E-state index contributed by atoms with van der Waals surface area (Å²) in [7, 11) is 0. The van der Waals surface area contributed by atoms with E-state index < -0.39 is 30.0 Å². The van der Waals surface area contributed by atoms with Gasteiger partial charge in [0.05, 0.1) is 49.3 Å². The summed E-state index contributed by atoms with van der Waals surface area (Å²) in [5, 5.41) is 33.3. The van der Waals surface area contributed by atoms with Gasteiger partial charge in [-0.25, -0.2) is 0 Å². The number of ether oxygens (including phenoxy) is 4. The molecule has 34 heavy (non-hydrogen) atoms. The van der Waals surface area contributed by atoms with Gasteiger partial charge in [0, 0.05) is 44.6 Å². The first kappa shape index (κ1) is 24.8. The number of fused-ring (bicyclic) bond motifs is 1. The lowest BCUT2D eigenvalue weighted by molar-refractivity contribution is -0.181. The molecule has 1 saturated carbocycles. The highest BCUT2D eigenvalue weighted by atomic mass is 16.5. The van der Waals surface area contributed by atoms with Crippen LogP contribution in [0.15, 0.2) is 12.2 Å². The van der Waals surface area contributed by atoms with Crippen LogP contribution in [0, 0.1) is 11.8 Å². The molecule has 0 radical (unpaired) electrons. The van der Waals surface area contributed by atoms with Crippen LogP contribution < -0.4 is 0 Å². The fourth-order valence-electron chi connectivity index (χ4n) is 7.03. The fourth-order valence-corrected chi connectivity index (χ4v) is 7.03. The van der Waals surface area contributed by atoms with Crippen molar-refractivity contribution in [2.24, 2.45) is 11.8 Å². The first-order chi connectivity index (χ1) is 16.2. The molecule has 8 heteroatoms. The molecule has 11 atom stereocenters. The molecule has 5 rings (SSSR count). The van der Waals surface area contributed by atoms with Crippen LogP contribution in [0.5, 0.6) is 0 Å². The summed E-state index contributed by atoms with van der Waals surface area (Å²) in [6.07, 6.45) is 1.74. The van der Waals surface area contributed by atoms with Crippen molar-refractivity contribution in [1.29, 1.82) is 0 Å². The molecule has 0 aromatic heterocycles. The number of ketones is 1. The van der Waals surface area contributed by atoms with E-state index in [4.69, 9.17) is 18.9 Å². The van der Waals surface area contributed by atoms with Crippen molar-refractivity contribution in [3.63, 3.8) is 0 Å². The molecule has 0 aromatic carbocycles. The minimum atomic E-state index is -1.36. The number of hydrogen-bond donors (Lipinski definition) is 3. The Hall–Kier alpha value is -0.870. The highest BCUT2D eigenvalue weighted by Crippen LogP contribution is 2.50. The van der Waals surface area contributed by atoms with Crippen LogP contribution in [0.2, 0.25) is 0 Å². The highest BCUT2D eigenvalue weighted by Gasteiger charge is 2.62. The van der Waals surface area contributed by atoms with E-state index in [2.05, 4.69) is 6.58 Å². The van der Waals surface area contributed by atoms with Crippen molar-refractivity contribution in [2.45, 2.75) is 119 Å². The lowest BCUT2D eigenvalue weighted by Crippen LogP contribution is -2.53. The van der Waals surface area contributed by atoms with Crippen molar-refractivity contribution in [1.82, 2.24) is 0 Å². The number of aliphatic hydroxyl groups is 3. The summed E-state index contributed by atoms with van der Waals surface area (Å²) in [6.45, 7) is 7.27. The first-order valence-electron chi connectivity index (χ1n) is 13.0. The van der Waals surface area contributed by atoms with Crippen LogP contribution in [0.3, 0.4) is 0 Å². The minimum Gasteiger partial charge on any atom is -0.390 e. The van der Waals surface area contributed by atoms with E-state index in [0.29, 0.717) is 51.7 Å². The zero-order valence-corrected chi connectivity index (χ0v) is 20.1. The smallest absolute Gasteiger partial charge is 0.135 e. The summed E-state index contributed by atoms with van der Waals surface area (Å²) >= 11 is 0. The third-order valence-corrected chi connectivity index (χ3v) is 8.83. The van der Waals surface area contributed by atoms with E-state index in [0.717, 1.165) is 18.4 Å². The van der Waals surface area contributed by atoms with Crippen LogP contribution in [0.25, 0.3) is 0 Å². The number of hydrogen-bond acceptors (Lipinski definition) is 8. The second kappa shape index (κ2) is 9.88. The van der Waals surface area contributed by atoms with Crippen molar-refractivity contribution in [3.8, 4) is 0 Å². The fraction of sp³-hybridized carbons (Fsp3) is 0.885. The van der Waals surface area contributed by atoms with Gasteiger partial charge < -0.3 is 34.3 Å². The van der Waals surface area contributed by atoms with E-state index in [1.807, 2.05) is 6.92 Å². The standard InChI is InChI=1S/C26H40O8/c1-14-7-19(32-13-14)10-20-11-22(28)25(34-20)26(30)12-23(29)24-21(26)4-3-18(33-24)9-17(27)8-16-5-6-31-15(16)2/h15-16,18-25,28-30H,1,3-13H2,2H3/t15-,16?,18?,19?,20+,21?,22+,23?,24-,25?,26?/m0/s1. The van der Waals surface area contributed by atoms with Gasteiger partial charge in [0.25, 0.3) is 0 Å². The lowest BCUT2D eigenvalue weighted by Gasteiger charge is -2.41. The van der Waals surface area contributed by atoms with E-state index in [9.17, 15) is 20.1 Å². The molecule has 0 bridgehead atoms. The molecular formula is C26H40O8. The van der Waals surface area contributed by atoms with Crippen LogP contribution in [-0.2, 0) is 23.7 Å². The molecular weight excluding hydrogens is 440 g/mol. The van der Waals surface area contributed by atoms with Crippen LogP contribution in [0.4, 0.5) is 0 Å².